The van der Waals surface area contributed by atoms with Gasteiger partial charge in [0, 0.05) is 12.7 Å². The summed E-state index contributed by atoms with van der Waals surface area (Å²) in [5.41, 5.74) is 9.52. The molecule has 1 aromatic rings. The summed E-state index contributed by atoms with van der Waals surface area (Å²) in [4.78, 5) is 10.5. The number of urea groups is 1. The largest absolute Gasteiger partial charge is 0.366 e. The fourth-order valence-electron chi connectivity index (χ4n) is 1.19. The molecule has 0 saturated carbocycles. The van der Waals surface area contributed by atoms with Gasteiger partial charge in [0.15, 0.2) is 5.11 Å². The Morgan fingerprint density at radius 3 is 2.44 bits per heavy atom. The van der Waals surface area contributed by atoms with Crippen LogP contribution in [0, 0.1) is 0 Å². The number of carbonyl (C=O) groups is 1. The molecule has 2 amide bonds. The molecule has 0 spiro atoms. The Morgan fingerprint density at radius 2 is 1.94 bits per heavy atom. The van der Waals surface area contributed by atoms with Crippen molar-refractivity contribution in [3.05, 3.63) is 29.8 Å². The number of nitrogens with one attached hydrogen (secondary N) is 3. The minimum Gasteiger partial charge on any atom is -0.366 e. The summed E-state index contributed by atoms with van der Waals surface area (Å²) in [5.74, 6) is 0. The number of hydrogen-bond acceptors (Lipinski definition) is 3. The predicted octanol–water partition coefficient (Wildman–Crippen LogP) is 0.995. The second kappa shape index (κ2) is 6.55. The molecule has 0 aliphatic heterocycles. The van der Waals surface area contributed by atoms with Crippen molar-refractivity contribution in [3.63, 3.8) is 0 Å². The molecule has 0 aliphatic carbocycles. The number of anilines is 1. The summed E-state index contributed by atoms with van der Waals surface area (Å²) in [6.45, 7) is 1.77. The van der Waals surface area contributed by atoms with E-state index in [2.05, 4.69) is 21.2 Å². The number of amides is 2. The van der Waals surface area contributed by atoms with Crippen molar-refractivity contribution in [3.8, 4) is 0 Å². The van der Waals surface area contributed by atoms with Crippen molar-refractivity contribution in [1.29, 1.82) is 0 Å². The van der Waals surface area contributed by atoms with Gasteiger partial charge in [0.05, 0.1) is 5.71 Å². The van der Waals surface area contributed by atoms with E-state index in [9.17, 15) is 4.79 Å². The van der Waals surface area contributed by atoms with E-state index in [1.54, 1.807) is 14.0 Å². The Morgan fingerprint density at radius 1 is 1.33 bits per heavy atom. The van der Waals surface area contributed by atoms with Crippen LogP contribution < -0.4 is 21.8 Å². The van der Waals surface area contributed by atoms with Gasteiger partial charge in [-0.05, 0) is 36.8 Å². The quantitative estimate of drug-likeness (QED) is 0.373. The third kappa shape index (κ3) is 4.38. The van der Waals surface area contributed by atoms with Crippen molar-refractivity contribution >= 4 is 34.8 Å². The molecular formula is C11H15N5OS. The van der Waals surface area contributed by atoms with Crippen LogP contribution in [0.25, 0.3) is 0 Å². The van der Waals surface area contributed by atoms with Crippen LogP contribution in [0.5, 0.6) is 0 Å². The molecule has 0 atom stereocenters. The predicted molar refractivity (Wildman–Crippen MR) is 76.7 cm³/mol. The van der Waals surface area contributed by atoms with Crippen LogP contribution in [0.3, 0.4) is 0 Å². The van der Waals surface area contributed by atoms with Crippen molar-refractivity contribution < 1.29 is 4.79 Å². The van der Waals surface area contributed by atoms with E-state index in [1.807, 2.05) is 24.3 Å². The van der Waals surface area contributed by atoms with E-state index in [0.29, 0.717) is 10.8 Å². The third-order valence-corrected chi connectivity index (χ3v) is 2.43. The smallest absolute Gasteiger partial charge is 0.332 e. The second-order valence-corrected chi connectivity index (χ2v) is 3.86. The number of hydrazone groups is 1. The molecule has 0 aromatic heterocycles. The summed E-state index contributed by atoms with van der Waals surface area (Å²) < 4.78 is 0. The Bertz CT molecular complexity index is 469. The van der Waals surface area contributed by atoms with Gasteiger partial charge in [-0.25, -0.2) is 10.2 Å². The third-order valence-electron chi connectivity index (χ3n) is 2.12. The van der Waals surface area contributed by atoms with E-state index in [0.717, 1.165) is 11.3 Å². The maximum absolute atomic E-state index is 10.5. The fraction of sp³-hybridized carbons (Fsp3) is 0.182. The number of nitrogens with zero attached hydrogens (tertiary/aromatic N) is 1. The van der Waals surface area contributed by atoms with Crippen LogP contribution in [0.4, 0.5) is 10.5 Å². The Hall–Kier alpha value is -2.15. The number of thiocarbonyl (C=S) groups is 1. The lowest BCUT2D eigenvalue weighted by atomic mass is 10.1. The van der Waals surface area contributed by atoms with E-state index >= 15 is 0 Å². The van der Waals surface area contributed by atoms with Crippen LogP contribution in [-0.4, -0.2) is 23.9 Å². The van der Waals surface area contributed by atoms with Gasteiger partial charge in [-0.3, -0.25) is 0 Å². The molecule has 1 aromatic carbocycles. The van der Waals surface area contributed by atoms with Crippen molar-refractivity contribution in [2.24, 2.45) is 10.8 Å². The van der Waals surface area contributed by atoms with Crippen LogP contribution in [-0.2, 0) is 0 Å². The van der Waals surface area contributed by atoms with Gasteiger partial charge in [-0.2, -0.15) is 5.10 Å². The van der Waals surface area contributed by atoms with Gasteiger partial charge >= 0.3 is 6.03 Å². The van der Waals surface area contributed by atoms with Gasteiger partial charge in [0.25, 0.3) is 0 Å². The number of rotatable bonds is 3. The highest BCUT2D eigenvalue weighted by Gasteiger charge is 1.99. The second-order valence-electron chi connectivity index (χ2n) is 3.45. The van der Waals surface area contributed by atoms with E-state index in [4.69, 9.17) is 18.0 Å². The lowest BCUT2D eigenvalue weighted by molar-refractivity contribution is 0.249. The first kappa shape index (κ1) is 13.9. The standard InChI is InChI=1S/C11H15N5OS/c1-7(15-16-10(12)17)8-3-5-9(6-4-8)14-11(18)13-2/h3-6H,1-2H3,(H3,12,16,17)(H2,13,14,18)/b15-7+. The van der Waals surface area contributed by atoms with Crippen molar-refractivity contribution in [2.75, 3.05) is 12.4 Å². The SMILES string of the molecule is CNC(=S)Nc1ccc(/C(C)=N/NC(N)=O)cc1. The van der Waals surface area contributed by atoms with Crippen molar-refractivity contribution in [1.82, 2.24) is 10.7 Å². The summed E-state index contributed by atoms with van der Waals surface area (Å²) >= 11 is 4.98. The number of primary amides is 1. The van der Waals surface area contributed by atoms with Gasteiger partial charge in [0.1, 0.15) is 0 Å². The molecule has 96 valence electrons. The lowest BCUT2D eigenvalue weighted by Gasteiger charge is -2.07. The van der Waals surface area contributed by atoms with Gasteiger partial charge in [-0.1, -0.05) is 12.1 Å². The van der Waals surface area contributed by atoms with Crippen molar-refractivity contribution in [2.45, 2.75) is 6.92 Å². The fourth-order valence-corrected chi connectivity index (χ4v) is 1.31. The molecule has 0 radical (unpaired) electrons. The number of nitrogens with two attached hydrogens (primary N) is 1. The normalized spacial score (nSPS) is 10.7. The Labute approximate surface area is 111 Å². The molecule has 0 saturated heterocycles. The van der Waals surface area contributed by atoms with Crippen LogP contribution in [0.1, 0.15) is 12.5 Å². The maximum atomic E-state index is 10.5. The van der Waals surface area contributed by atoms with Crippen LogP contribution in [0.15, 0.2) is 29.4 Å². The molecule has 18 heavy (non-hydrogen) atoms. The summed E-state index contributed by atoms with van der Waals surface area (Å²) in [6, 6.07) is 6.77. The highest BCUT2D eigenvalue weighted by molar-refractivity contribution is 7.80. The Kier molecular flexibility index (Phi) is 5.06. The molecule has 5 N–H and O–H groups in total. The molecule has 0 bridgehead atoms. The van der Waals surface area contributed by atoms with E-state index in [1.165, 1.54) is 0 Å². The number of carbonyl (C=O) groups excluding carboxylic acids is 1. The molecule has 0 aliphatic rings. The van der Waals surface area contributed by atoms with Gasteiger partial charge in [0.2, 0.25) is 0 Å². The minimum absolute atomic E-state index is 0.545. The molecule has 0 heterocycles. The highest BCUT2D eigenvalue weighted by atomic mass is 32.1. The zero-order valence-corrected chi connectivity index (χ0v) is 11.0. The summed E-state index contributed by atoms with van der Waals surface area (Å²) in [7, 11) is 1.75. The highest BCUT2D eigenvalue weighted by Crippen LogP contribution is 2.10. The number of hydrogen-bond donors (Lipinski definition) is 4. The van der Waals surface area contributed by atoms with Gasteiger partial charge in [-0.15, -0.1) is 0 Å². The van der Waals surface area contributed by atoms with Crippen LogP contribution >= 0.6 is 12.2 Å². The summed E-state index contributed by atoms with van der Waals surface area (Å²) in [5, 5.41) is 10.2. The van der Waals surface area contributed by atoms with Crippen LogP contribution in [0.2, 0.25) is 0 Å². The average molecular weight is 265 g/mol. The van der Waals surface area contributed by atoms with E-state index in [-0.39, 0.29) is 0 Å². The molecule has 1 rings (SSSR count). The summed E-state index contributed by atoms with van der Waals surface area (Å²) in [6.07, 6.45) is 0. The first-order chi connectivity index (χ1) is 8.52. The zero-order valence-electron chi connectivity index (χ0n) is 10.2. The molecule has 0 unspecified atom stereocenters. The zero-order chi connectivity index (χ0) is 13.5. The first-order valence-electron chi connectivity index (χ1n) is 5.22. The van der Waals surface area contributed by atoms with E-state index < -0.39 is 6.03 Å². The number of benzene rings is 1. The topological polar surface area (TPSA) is 91.5 Å². The minimum atomic E-state index is -0.688. The maximum Gasteiger partial charge on any atom is 0.332 e. The molecule has 7 heteroatoms. The average Bonchev–Trinajstić information content (AvgIpc) is 2.36. The monoisotopic (exact) mass is 265 g/mol. The molecular weight excluding hydrogens is 250 g/mol. The lowest BCUT2D eigenvalue weighted by Crippen LogP contribution is -2.25. The Balaban J connectivity index is 2.73. The first-order valence-corrected chi connectivity index (χ1v) is 5.62. The van der Waals surface area contributed by atoms with Gasteiger partial charge < -0.3 is 16.4 Å². The molecule has 6 nitrogen and oxygen atoms in total. The molecule has 0 fully saturated rings.